The second kappa shape index (κ2) is 16.6. The number of hydrogen-bond acceptors (Lipinski definition) is 4. The molecule has 0 spiro atoms. The molecule has 0 aromatic heterocycles. The van der Waals surface area contributed by atoms with Crippen LogP contribution in [0.3, 0.4) is 0 Å². The average Bonchev–Trinajstić information content (AvgIpc) is 2.61. The van der Waals surface area contributed by atoms with E-state index in [9.17, 15) is 13.0 Å². The molecule has 0 saturated carbocycles. The van der Waals surface area contributed by atoms with Crippen LogP contribution in [0.15, 0.2) is 18.2 Å². The van der Waals surface area contributed by atoms with E-state index in [1.807, 2.05) is 6.07 Å². The molecule has 6 heteroatoms. The summed E-state index contributed by atoms with van der Waals surface area (Å²) >= 11 is 0. The van der Waals surface area contributed by atoms with Gasteiger partial charge in [-0.3, -0.25) is 0 Å². The van der Waals surface area contributed by atoms with Crippen molar-refractivity contribution in [3.63, 3.8) is 0 Å². The first kappa shape index (κ1) is 28.9. The van der Waals surface area contributed by atoms with Crippen LogP contribution in [0, 0.1) is 0 Å². The second-order valence-electron chi connectivity index (χ2n) is 7.92. The first-order valence-corrected chi connectivity index (χ1v) is 12.7. The summed E-state index contributed by atoms with van der Waals surface area (Å²) in [7, 11) is -4.29. The molecule has 162 valence electrons. The zero-order valence-corrected chi connectivity index (χ0v) is 21.9. The standard InChI is InChI=1S/C23H40O4S.Na/c1-4-6-8-10-12-14-21-16-17-23(27-20(3)19-28(24,25)26)22(18-21)15-13-11-9-7-5-2;/h16-18,20H,4-15,19H2,1-3H3,(H,24,25,26);/q;+1/p-1. The molecule has 1 aromatic carbocycles. The number of aryl methyl sites for hydroxylation is 2. The van der Waals surface area contributed by atoms with Gasteiger partial charge in [0.05, 0.1) is 15.9 Å². The van der Waals surface area contributed by atoms with Gasteiger partial charge in [0.2, 0.25) is 0 Å². The zero-order valence-electron chi connectivity index (χ0n) is 19.0. The van der Waals surface area contributed by atoms with Gasteiger partial charge >= 0.3 is 29.6 Å². The van der Waals surface area contributed by atoms with E-state index >= 15 is 0 Å². The Morgan fingerprint density at radius 3 is 2.00 bits per heavy atom. The molecule has 0 fully saturated rings. The average molecular weight is 435 g/mol. The molecule has 0 amide bonds. The van der Waals surface area contributed by atoms with Crippen LogP contribution in [0.25, 0.3) is 0 Å². The van der Waals surface area contributed by atoms with Crippen LogP contribution < -0.4 is 34.3 Å². The normalized spacial score (nSPS) is 12.4. The van der Waals surface area contributed by atoms with Crippen molar-refractivity contribution in [2.75, 3.05) is 5.75 Å². The number of unbranched alkanes of at least 4 members (excludes halogenated alkanes) is 8. The SMILES string of the molecule is CCCCCCCc1ccc(OC(C)CS(=O)(=O)[O-])c(CCCCCCC)c1.[Na+]. The Hall–Kier alpha value is -0.0700. The van der Waals surface area contributed by atoms with Crippen LogP contribution >= 0.6 is 0 Å². The van der Waals surface area contributed by atoms with Gasteiger partial charge in [0.15, 0.2) is 0 Å². The van der Waals surface area contributed by atoms with Crippen molar-refractivity contribution in [2.24, 2.45) is 0 Å². The molecule has 1 aromatic rings. The van der Waals surface area contributed by atoms with E-state index < -0.39 is 22.0 Å². The van der Waals surface area contributed by atoms with Gasteiger partial charge in [-0.25, -0.2) is 8.42 Å². The fourth-order valence-electron chi connectivity index (χ4n) is 3.49. The van der Waals surface area contributed by atoms with Gasteiger partial charge in [0, 0.05) is 0 Å². The van der Waals surface area contributed by atoms with Crippen molar-refractivity contribution in [3.8, 4) is 5.75 Å². The van der Waals surface area contributed by atoms with E-state index in [4.69, 9.17) is 4.74 Å². The Morgan fingerprint density at radius 2 is 1.45 bits per heavy atom. The number of hydrogen-bond donors (Lipinski definition) is 0. The van der Waals surface area contributed by atoms with Crippen molar-refractivity contribution in [1.82, 2.24) is 0 Å². The van der Waals surface area contributed by atoms with Gasteiger partial charge in [0.25, 0.3) is 0 Å². The summed E-state index contributed by atoms with van der Waals surface area (Å²) in [6.07, 6.45) is 13.7. The summed E-state index contributed by atoms with van der Waals surface area (Å²) < 4.78 is 38.8. The van der Waals surface area contributed by atoms with Crippen LogP contribution in [0.2, 0.25) is 0 Å². The minimum Gasteiger partial charge on any atom is -0.748 e. The van der Waals surface area contributed by atoms with E-state index in [1.165, 1.54) is 63.4 Å². The van der Waals surface area contributed by atoms with Crippen molar-refractivity contribution >= 4 is 10.1 Å². The first-order valence-electron chi connectivity index (χ1n) is 11.1. The van der Waals surface area contributed by atoms with Gasteiger partial charge < -0.3 is 9.29 Å². The molecule has 0 aliphatic carbocycles. The maximum Gasteiger partial charge on any atom is 1.00 e. The molecule has 0 aliphatic heterocycles. The topological polar surface area (TPSA) is 66.4 Å². The second-order valence-corrected chi connectivity index (χ2v) is 9.37. The third-order valence-corrected chi connectivity index (χ3v) is 5.89. The molecular weight excluding hydrogens is 395 g/mol. The molecule has 29 heavy (non-hydrogen) atoms. The fourth-order valence-corrected chi connectivity index (χ4v) is 4.13. The van der Waals surface area contributed by atoms with Crippen LogP contribution in [-0.2, 0) is 23.0 Å². The maximum absolute atomic E-state index is 11.0. The third-order valence-electron chi connectivity index (χ3n) is 5.01. The minimum absolute atomic E-state index is 0. The molecule has 0 heterocycles. The molecule has 0 saturated heterocycles. The van der Waals surface area contributed by atoms with Crippen LogP contribution in [0.1, 0.15) is 96.1 Å². The Bertz CT molecular complexity index is 646. The summed E-state index contributed by atoms with van der Waals surface area (Å²) in [6.45, 7) is 6.08. The number of rotatable bonds is 16. The van der Waals surface area contributed by atoms with E-state index in [2.05, 4.69) is 26.0 Å². The van der Waals surface area contributed by atoms with Crippen molar-refractivity contribution in [2.45, 2.75) is 104 Å². The molecule has 0 bridgehead atoms. The Labute approximate surface area is 201 Å². The smallest absolute Gasteiger partial charge is 0.748 e. The van der Waals surface area contributed by atoms with Gasteiger partial charge in [-0.1, -0.05) is 77.3 Å². The van der Waals surface area contributed by atoms with Crippen LogP contribution in [0.5, 0.6) is 5.75 Å². The van der Waals surface area contributed by atoms with E-state index in [0.29, 0.717) is 0 Å². The number of ether oxygens (including phenoxy) is 1. The predicted octanol–water partition coefficient (Wildman–Crippen LogP) is 3.03. The third kappa shape index (κ3) is 14.5. The van der Waals surface area contributed by atoms with Crippen molar-refractivity contribution in [3.05, 3.63) is 29.3 Å². The molecule has 1 rings (SSSR count). The largest absolute Gasteiger partial charge is 1.00 e. The Balaban J connectivity index is 0.00000784. The van der Waals surface area contributed by atoms with Gasteiger partial charge in [-0.15, -0.1) is 0 Å². The zero-order chi connectivity index (χ0) is 20.8. The molecule has 1 atom stereocenters. The van der Waals surface area contributed by atoms with E-state index in [1.54, 1.807) is 6.92 Å². The van der Waals surface area contributed by atoms with E-state index in [-0.39, 0.29) is 29.6 Å². The first-order chi connectivity index (χ1) is 13.4. The maximum atomic E-state index is 11.0. The summed E-state index contributed by atoms with van der Waals surface area (Å²) in [5, 5.41) is 0. The van der Waals surface area contributed by atoms with Gasteiger partial charge in [0.1, 0.15) is 11.9 Å². The van der Waals surface area contributed by atoms with Crippen LogP contribution in [0.4, 0.5) is 0 Å². The number of benzene rings is 1. The molecule has 0 radical (unpaired) electrons. The monoisotopic (exact) mass is 434 g/mol. The molecule has 0 aliphatic rings. The predicted molar refractivity (Wildman–Crippen MR) is 116 cm³/mol. The van der Waals surface area contributed by atoms with Crippen molar-refractivity contribution in [1.29, 1.82) is 0 Å². The Kier molecular flexibility index (Phi) is 16.6. The van der Waals surface area contributed by atoms with Gasteiger partial charge in [-0.05, 0) is 49.8 Å². The Morgan fingerprint density at radius 1 is 0.897 bits per heavy atom. The molecule has 0 N–H and O–H groups in total. The molecule has 4 nitrogen and oxygen atoms in total. The van der Waals surface area contributed by atoms with Crippen LogP contribution in [-0.4, -0.2) is 24.8 Å². The van der Waals surface area contributed by atoms with Crippen molar-refractivity contribution < 1.29 is 47.3 Å². The van der Waals surface area contributed by atoms with E-state index in [0.717, 1.165) is 30.6 Å². The molecule has 1 unspecified atom stereocenters. The molecular formula is C23H39NaO4S. The summed E-state index contributed by atoms with van der Waals surface area (Å²) in [4.78, 5) is 0. The summed E-state index contributed by atoms with van der Waals surface area (Å²) in [5.74, 6) is 0.226. The fraction of sp³-hybridized carbons (Fsp3) is 0.739. The summed E-state index contributed by atoms with van der Waals surface area (Å²) in [6, 6.07) is 6.25. The minimum atomic E-state index is -4.29. The summed E-state index contributed by atoms with van der Waals surface area (Å²) in [5.41, 5.74) is 2.45. The van der Waals surface area contributed by atoms with Gasteiger partial charge in [-0.2, -0.15) is 0 Å². The quantitative estimate of drug-likeness (QED) is 0.228.